The van der Waals surface area contributed by atoms with Crippen LogP contribution in [0.3, 0.4) is 0 Å². The topological polar surface area (TPSA) is 32.3 Å². The molecular weight excluding hydrogens is 284 g/mol. The monoisotopic (exact) mass is 316 g/mol. The van der Waals surface area contributed by atoms with Gasteiger partial charge in [0.25, 0.3) is 0 Å². The molecule has 0 radical (unpaired) electrons. The summed E-state index contributed by atoms with van der Waals surface area (Å²) in [4.78, 5) is 14.7. The van der Waals surface area contributed by atoms with Gasteiger partial charge in [-0.2, -0.15) is 0 Å². The molecule has 1 saturated carbocycles. The van der Waals surface area contributed by atoms with E-state index in [1.165, 1.54) is 31.2 Å². The lowest BCUT2D eigenvalue weighted by molar-refractivity contribution is -0.117. The average molecular weight is 316 g/mol. The summed E-state index contributed by atoms with van der Waals surface area (Å²) in [6.45, 7) is 9.32. The van der Waals surface area contributed by atoms with Crippen molar-refractivity contribution in [2.75, 3.05) is 18.9 Å². The van der Waals surface area contributed by atoms with Gasteiger partial charge in [-0.15, -0.1) is 0 Å². The van der Waals surface area contributed by atoms with E-state index in [2.05, 4.69) is 51.0 Å². The van der Waals surface area contributed by atoms with Gasteiger partial charge in [0, 0.05) is 11.7 Å². The van der Waals surface area contributed by atoms with Crippen LogP contribution in [-0.2, 0) is 10.2 Å². The predicted octanol–water partition coefficient (Wildman–Crippen LogP) is 4.43. The van der Waals surface area contributed by atoms with E-state index >= 15 is 0 Å². The molecule has 0 unspecified atom stereocenters. The van der Waals surface area contributed by atoms with E-state index in [0.717, 1.165) is 11.6 Å². The number of amides is 1. The molecule has 0 bridgehead atoms. The Morgan fingerprint density at radius 2 is 1.78 bits per heavy atom. The summed E-state index contributed by atoms with van der Waals surface area (Å²) in [5, 5.41) is 3.12. The van der Waals surface area contributed by atoms with Gasteiger partial charge in [-0.3, -0.25) is 9.69 Å². The van der Waals surface area contributed by atoms with Crippen LogP contribution in [0.4, 0.5) is 5.69 Å². The molecule has 2 rings (SSSR count). The quantitative estimate of drug-likeness (QED) is 0.891. The summed E-state index contributed by atoms with van der Waals surface area (Å²) in [5.41, 5.74) is 2.15. The van der Waals surface area contributed by atoms with Crippen molar-refractivity contribution in [3.63, 3.8) is 0 Å². The van der Waals surface area contributed by atoms with Gasteiger partial charge in [0.1, 0.15) is 0 Å². The number of carbonyl (C=O) groups is 1. The maximum atomic E-state index is 12.5. The fourth-order valence-corrected chi connectivity index (χ4v) is 3.47. The van der Waals surface area contributed by atoms with Gasteiger partial charge in [0.05, 0.1) is 6.54 Å². The minimum Gasteiger partial charge on any atom is -0.325 e. The van der Waals surface area contributed by atoms with Gasteiger partial charge in [-0.25, -0.2) is 0 Å². The van der Waals surface area contributed by atoms with Crippen molar-refractivity contribution >= 4 is 11.6 Å². The van der Waals surface area contributed by atoms with E-state index in [1.54, 1.807) is 0 Å². The lowest BCUT2D eigenvalue weighted by Gasteiger charge is -2.33. The molecule has 1 fully saturated rings. The van der Waals surface area contributed by atoms with Crippen molar-refractivity contribution in [3.05, 3.63) is 29.8 Å². The van der Waals surface area contributed by atoms with Crippen molar-refractivity contribution in [1.29, 1.82) is 0 Å². The van der Waals surface area contributed by atoms with Crippen LogP contribution in [0.25, 0.3) is 0 Å². The molecule has 1 aliphatic carbocycles. The van der Waals surface area contributed by atoms with Gasteiger partial charge in [-0.05, 0) is 55.7 Å². The van der Waals surface area contributed by atoms with Crippen molar-refractivity contribution < 1.29 is 4.79 Å². The minimum absolute atomic E-state index is 0.0231. The standard InChI is InChI=1S/C20H32N2O/c1-15-10-12-16(13-11-15)22(5)14-19(23)21-18-9-7-6-8-17(18)20(2,3)4/h6-9,15-16H,10-14H2,1-5H3,(H,21,23). The van der Waals surface area contributed by atoms with Crippen molar-refractivity contribution in [2.24, 2.45) is 5.92 Å². The molecule has 128 valence electrons. The normalized spacial score (nSPS) is 22.2. The SMILES string of the molecule is CC1CCC(N(C)CC(=O)Nc2ccccc2C(C)(C)C)CC1. The van der Waals surface area contributed by atoms with Crippen LogP contribution in [-0.4, -0.2) is 30.4 Å². The Labute approximate surface area is 141 Å². The summed E-state index contributed by atoms with van der Waals surface area (Å²) in [7, 11) is 2.08. The Morgan fingerprint density at radius 1 is 1.17 bits per heavy atom. The molecule has 1 aliphatic rings. The number of carbonyl (C=O) groups excluding carboxylic acids is 1. The second kappa shape index (κ2) is 7.48. The van der Waals surface area contributed by atoms with Crippen LogP contribution in [0, 0.1) is 5.92 Å². The highest BCUT2D eigenvalue weighted by molar-refractivity contribution is 5.93. The summed E-state index contributed by atoms with van der Waals surface area (Å²) < 4.78 is 0. The molecule has 1 N–H and O–H groups in total. The Hall–Kier alpha value is -1.35. The van der Waals surface area contributed by atoms with Crippen LogP contribution in [0.5, 0.6) is 0 Å². The van der Waals surface area contributed by atoms with E-state index in [9.17, 15) is 4.79 Å². The van der Waals surface area contributed by atoms with Crippen LogP contribution < -0.4 is 5.32 Å². The summed E-state index contributed by atoms with van der Waals surface area (Å²) in [5.74, 6) is 0.926. The van der Waals surface area contributed by atoms with Crippen molar-refractivity contribution in [1.82, 2.24) is 4.90 Å². The summed E-state index contributed by atoms with van der Waals surface area (Å²) in [6, 6.07) is 8.67. The van der Waals surface area contributed by atoms with Gasteiger partial charge in [0.2, 0.25) is 5.91 Å². The Bertz CT molecular complexity index is 525. The third kappa shape index (κ3) is 5.07. The lowest BCUT2D eigenvalue weighted by atomic mass is 9.86. The molecule has 3 nitrogen and oxygen atoms in total. The number of likely N-dealkylation sites (N-methyl/N-ethyl adjacent to an activating group) is 1. The number of benzene rings is 1. The largest absolute Gasteiger partial charge is 0.325 e. The van der Waals surface area contributed by atoms with Gasteiger partial charge >= 0.3 is 0 Å². The maximum absolute atomic E-state index is 12.5. The first kappa shape index (κ1) is 18.0. The van der Waals surface area contributed by atoms with E-state index in [1.807, 2.05) is 18.2 Å². The smallest absolute Gasteiger partial charge is 0.238 e. The number of nitrogens with zero attached hydrogens (tertiary/aromatic N) is 1. The summed E-state index contributed by atoms with van der Waals surface area (Å²) in [6.07, 6.45) is 4.99. The van der Waals surface area contributed by atoms with Crippen molar-refractivity contribution in [3.8, 4) is 0 Å². The predicted molar refractivity (Wildman–Crippen MR) is 97.8 cm³/mol. The maximum Gasteiger partial charge on any atom is 0.238 e. The van der Waals surface area contributed by atoms with E-state index in [4.69, 9.17) is 0 Å². The highest BCUT2D eigenvalue weighted by Crippen LogP contribution is 2.29. The van der Waals surface area contributed by atoms with E-state index < -0.39 is 0 Å². The Morgan fingerprint density at radius 3 is 2.39 bits per heavy atom. The van der Waals surface area contributed by atoms with Gasteiger partial charge < -0.3 is 5.32 Å². The fourth-order valence-electron chi connectivity index (χ4n) is 3.47. The van der Waals surface area contributed by atoms with Gasteiger partial charge in [-0.1, -0.05) is 45.9 Å². The number of hydrogen-bond acceptors (Lipinski definition) is 2. The van der Waals surface area contributed by atoms with Crippen molar-refractivity contribution in [2.45, 2.75) is 64.8 Å². The molecule has 0 atom stereocenters. The Kier molecular flexibility index (Phi) is 5.85. The van der Waals surface area contributed by atoms with E-state index in [-0.39, 0.29) is 11.3 Å². The number of para-hydroxylation sites is 1. The fraction of sp³-hybridized carbons (Fsp3) is 0.650. The molecule has 0 aromatic heterocycles. The zero-order chi connectivity index (χ0) is 17.0. The molecular formula is C20H32N2O. The first-order valence-electron chi connectivity index (χ1n) is 8.87. The zero-order valence-electron chi connectivity index (χ0n) is 15.4. The minimum atomic E-state index is 0.0231. The van der Waals surface area contributed by atoms with E-state index in [0.29, 0.717) is 12.6 Å². The van der Waals surface area contributed by atoms with Crippen LogP contribution >= 0.6 is 0 Å². The lowest BCUT2D eigenvalue weighted by Crippen LogP contribution is -2.40. The molecule has 0 aliphatic heterocycles. The molecule has 0 saturated heterocycles. The molecule has 23 heavy (non-hydrogen) atoms. The summed E-state index contributed by atoms with van der Waals surface area (Å²) >= 11 is 0. The Balaban J connectivity index is 1.95. The molecule has 0 spiro atoms. The molecule has 1 aromatic rings. The molecule has 1 aromatic carbocycles. The van der Waals surface area contributed by atoms with Crippen LogP contribution in [0.1, 0.15) is 58.9 Å². The second-order valence-electron chi connectivity index (χ2n) is 8.17. The number of nitrogens with one attached hydrogen (secondary N) is 1. The second-order valence-corrected chi connectivity index (χ2v) is 8.17. The molecule has 0 heterocycles. The van der Waals surface area contributed by atoms with Crippen LogP contribution in [0.2, 0.25) is 0 Å². The average Bonchev–Trinajstić information content (AvgIpc) is 2.47. The first-order valence-corrected chi connectivity index (χ1v) is 8.87. The molecule has 1 amide bonds. The third-order valence-corrected chi connectivity index (χ3v) is 5.01. The highest BCUT2D eigenvalue weighted by atomic mass is 16.2. The number of hydrogen-bond donors (Lipinski definition) is 1. The third-order valence-electron chi connectivity index (χ3n) is 5.01. The number of rotatable bonds is 4. The van der Waals surface area contributed by atoms with Crippen LogP contribution in [0.15, 0.2) is 24.3 Å². The molecule has 3 heteroatoms. The first-order chi connectivity index (χ1) is 10.8. The van der Waals surface area contributed by atoms with Gasteiger partial charge in [0.15, 0.2) is 0 Å². The number of anilines is 1. The zero-order valence-corrected chi connectivity index (χ0v) is 15.4. The highest BCUT2D eigenvalue weighted by Gasteiger charge is 2.24.